The fraction of sp³-hybridized carbons (Fsp3) is 0.0476. The zero-order valence-corrected chi connectivity index (χ0v) is 15.3. The molecule has 4 rings (SSSR count). The van der Waals surface area contributed by atoms with Gasteiger partial charge in [-0.3, -0.25) is 4.79 Å². The van der Waals surface area contributed by atoms with E-state index in [2.05, 4.69) is 10.3 Å². The van der Waals surface area contributed by atoms with Crippen LogP contribution in [0.4, 0.5) is 5.69 Å². The third-order valence-electron chi connectivity index (χ3n) is 4.12. The third kappa shape index (κ3) is 3.66. The lowest BCUT2D eigenvalue weighted by Crippen LogP contribution is -2.19. The summed E-state index contributed by atoms with van der Waals surface area (Å²) in [5, 5.41) is 15.2. The normalized spacial score (nSPS) is 16.9. The highest BCUT2D eigenvalue weighted by Gasteiger charge is 2.24. The first-order valence-corrected chi connectivity index (χ1v) is 9.09. The quantitative estimate of drug-likeness (QED) is 0.663. The number of carbonyl (C=O) groups is 1. The number of aromatic hydroxyl groups is 1. The summed E-state index contributed by atoms with van der Waals surface area (Å²) >= 11 is 1.28. The molecule has 1 aliphatic rings. The lowest BCUT2D eigenvalue weighted by Gasteiger charge is -2.03. The number of ether oxygens (including phenoxy) is 1. The Balaban J connectivity index is 1.60. The van der Waals surface area contributed by atoms with E-state index in [4.69, 9.17) is 4.74 Å². The van der Waals surface area contributed by atoms with Crippen molar-refractivity contribution in [1.29, 1.82) is 0 Å². The minimum atomic E-state index is -0.202. The molecule has 5 nitrogen and oxygen atoms in total. The van der Waals surface area contributed by atoms with Crippen molar-refractivity contribution in [2.24, 2.45) is 4.99 Å². The summed E-state index contributed by atoms with van der Waals surface area (Å²) in [6, 6.07) is 18.9. The van der Waals surface area contributed by atoms with Crippen LogP contribution in [0.15, 0.2) is 70.6 Å². The molecule has 0 atom stereocenters. The summed E-state index contributed by atoms with van der Waals surface area (Å²) in [6.07, 6.45) is 1.74. The summed E-state index contributed by atoms with van der Waals surface area (Å²) in [6.45, 7) is 0. The number of rotatable bonds is 3. The van der Waals surface area contributed by atoms with Gasteiger partial charge >= 0.3 is 0 Å². The van der Waals surface area contributed by atoms with Gasteiger partial charge in [-0.25, -0.2) is 4.99 Å². The maximum absolute atomic E-state index is 12.3. The molecule has 1 heterocycles. The number of amides is 1. The average molecular weight is 376 g/mol. The van der Waals surface area contributed by atoms with Crippen LogP contribution in [-0.2, 0) is 4.79 Å². The summed E-state index contributed by atoms with van der Waals surface area (Å²) < 4.78 is 5.10. The smallest absolute Gasteiger partial charge is 0.264 e. The Kier molecular flexibility index (Phi) is 4.56. The first-order chi connectivity index (χ1) is 13.1. The molecule has 27 heavy (non-hydrogen) atoms. The van der Waals surface area contributed by atoms with Crippen molar-refractivity contribution in [2.75, 3.05) is 7.11 Å². The predicted molar refractivity (Wildman–Crippen MR) is 109 cm³/mol. The molecule has 3 aromatic rings. The predicted octanol–water partition coefficient (Wildman–Crippen LogP) is 4.45. The van der Waals surface area contributed by atoms with Gasteiger partial charge in [-0.15, -0.1) is 0 Å². The molecule has 134 valence electrons. The van der Waals surface area contributed by atoms with Crippen molar-refractivity contribution in [3.8, 4) is 11.5 Å². The summed E-state index contributed by atoms with van der Waals surface area (Å²) in [5.74, 6) is 0.214. The largest absolute Gasteiger partial charge is 0.504 e. The minimum absolute atomic E-state index is 0.0572. The van der Waals surface area contributed by atoms with Crippen LogP contribution in [0.2, 0.25) is 0 Å². The standard InChI is InChI=1S/C21H16N2O3S/c1-26-18-10-13(6-9-17(18)24)11-19-20(25)23-21(27-19)22-16-8-7-14-4-2-3-5-15(14)12-16/h2-12,24H,1H3,(H,22,23,25)/b19-11-. The van der Waals surface area contributed by atoms with Gasteiger partial charge in [0.2, 0.25) is 0 Å². The van der Waals surface area contributed by atoms with Crippen LogP contribution in [0.1, 0.15) is 5.56 Å². The van der Waals surface area contributed by atoms with E-state index in [1.165, 1.54) is 24.9 Å². The number of thioether (sulfide) groups is 1. The van der Waals surface area contributed by atoms with Gasteiger partial charge in [0.25, 0.3) is 5.91 Å². The maximum atomic E-state index is 12.3. The fourth-order valence-corrected chi connectivity index (χ4v) is 3.62. The molecule has 2 N–H and O–H groups in total. The molecule has 0 saturated carbocycles. The number of fused-ring (bicyclic) bond motifs is 1. The minimum Gasteiger partial charge on any atom is -0.504 e. The second-order valence-corrected chi connectivity index (χ2v) is 6.98. The number of nitrogens with zero attached hydrogens (tertiary/aromatic N) is 1. The fourth-order valence-electron chi connectivity index (χ4n) is 2.78. The highest BCUT2D eigenvalue weighted by atomic mass is 32.2. The Morgan fingerprint density at radius 1 is 1.07 bits per heavy atom. The van der Waals surface area contributed by atoms with Gasteiger partial charge in [0.1, 0.15) is 0 Å². The molecule has 1 saturated heterocycles. The van der Waals surface area contributed by atoms with Crippen molar-refractivity contribution >= 4 is 45.4 Å². The number of phenolic OH excluding ortho intramolecular Hbond substituents is 1. The van der Waals surface area contributed by atoms with Crippen molar-refractivity contribution in [3.05, 3.63) is 71.1 Å². The molecule has 0 aromatic heterocycles. The van der Waals surface area contributed by atoms with E-state index >= 15 is 0 Å². The monoisotopic (exact) mass is 376 g/mol. The molecule has 1 aliphatic heterocycles. The van der Waals surface area contributed by atoms with E-state index < -0.39 is 0 Å². The summed E-state index contributed by atoms with van der Waals surface area (Å²) in [4.78, 5) is 17.3. The number of amidine groups is 1. The Morgan fingerprint density at radius 3 is 2.70 bits per heavy atom. The molecule has 0 radical (unpaired) electrons. The third-order valence-corrected chi connectivity index (χ3v) is 5.03. The van der Waals surface area contributed by atoms with Crippen LogP contribution in [0.3, 0.4) is 0 Å². The lowest BCUT2D eigenvalue weighted by atomic mass is 10.1. The van der Waals surface area contributed by atoms with E-state index in [0.717, 1.165) is 22.0 Å². The Hall–Kier alpha value is -3.25. The van der Waals surface area contributed by atoms with Crippen molar-refractivity contribution in [1.82, 2.24) is 5.32 Å². The molecule has 0 unspecified atom stereocenters. The van der Waals surface area contributed by atoms with E-state index in [1.54, 1.807) is 18.2 Å². The number of nitrogens with one attached hydrogen (secondary N) is 1. The number of carbonyl (C=O) groups excluding carboxylic acids is 1. The van der Waals surface area contributed by atoms with E-state index in [0.29, 0.717) is 15.8 Å². The Bertz CT molecular complexity index is 1110. The topological polar surface area (TPSA) is 70.9 Å². The van der Waals surface area contributed by atoms with Crippen molar-refractivity contribution in [3.63, 3.8) is 0 Å². The Morgan fingerprint density at radius 2 is 1.89 bits per heavy atom. The lowest BCUT2D eigenvalue weighted by molar-refractivity contribution is -0.115. The van der Waals surface area contributed by atoms with E-state index in [1.807, 2.05) is 42.5 Å². The van der Waals surface area contributed by atoms with Crippen LogP contribution < -0.4 is 10.1 Å². The molecule has 0 bridgehead atoms. The van der Waals surface area contributed by atoms with Gasteiger partial charge in [-0.05, 0) is 58.4 Å². The highest BCUT2D eigenvalue weighted by molar-refractivity contribution is 8.18. The van der Waals surface area contributed by atoms with Crippen LogP contribution >= 0.6 is 11.8 Å². The molecule has 1 fully saturated rings. The summed E-state index contributed by atoms with van der Waals surface area (Å²) in [5.41, 5.74) is 1.54. The molecule has 6 heteroatoms. The van der Waals surface area contributed by atoms with Crippen LogP contribution in [0, 0.1) is 0 Å². The highest BCUT2D eigenvalue weighted by Crippen LogP contribution is 2.32. The molecule has 1 amide bonds. The molecule has 0 spiro atoms. The zero-order chi connectivity index (χ0) is 18.8. The SMILES string of the molecule is COc1cc(/C=C2\SC(=Nc3ccc4ccccc4c3)NC2=O)ccc1O. The molecular formula is C21H16N2O3S. The zero-order valence-electron chi connectivity index (χ0n) is 14.5. The Labute approximate surface area is 160 Å². The maximum Gasteiger partial charge on any atom is 0.264 e. The molecular weight excluding hydrogens is 360 g/mol. The second kappa shape index (κ2) is 7.17. The average Bonchev–Trinajstić information content (AvgIpc) is 3.02. The van der Waals surface area contributed by atoms with Gasteiger partial charge in [0.15, 0.2) is 16.7 Å². The van der Waals surface area contributed by atoms with Crippen LogP contribution in [0.5, 0.6) is 11.5 Å². The summed E-state index contributed by atoms with van der Waals surface area (Å²) in [7, 11) is 1.48. The number of aliphatic imine (C=N–C) groups is 1. The van der Waals surface area contributed by atoms with Gasteiger partial charge in [-0.1, -0.05) is 36.4 Å². The van der Waals surface area contributed by atoms with E-state index in [9.17, 15) is 9.90 Å². The van der Waals surface area contributed by atoms with Crippen LogP contribution in [-0.4, -0.2) is 23.3 Å². The first-order valence-electron chi connectivity index (χ1n) is 8.28. The number of methoxy groups -OCH3 is 1. The van der Waals surface area contributed by atoms with Gasteiger partial charge in [-0.2, -0.15) is 0 Å². The van der Waals surface area contributed by atoms with Crippen molar-refractivity contribution in [2.45, 2.75) is 0 Å². The van der Waals surface area contributed by atoms with Crippen LogP contribution in [0.25, 0.3) is 16.8 Å². The number of phenols is 1. The van der Waals surface area contributed by atoms with Gasteiger partial charge in [0.05, 0.1) is 17.7 Å². The van der Waals surface area contributed by atoms with Gasteiger partial charge < -0.3 is 15.2 Å². The number of hydrogen-bond acceptors (Lipinski definition) is 5. The second-order valence-electron chi connectivity index (χ2n) is 5.94. The molecule has 3 aromatic carbocycles. The van der Waals surface area contributed by atoms with Gasteiger partial charge in [0, 0.05) is 0 Å². The van der Waals surface area contributed by atoms with E-state index in [-0.39, 0.29) is 11.7 Å². The number of hydrogen-bond donors (Lipinski definition) is 2. The first kappa shape index (κ1) is 17.2. The molecule has 0 aliphatic carbocycles. The number of benzene rings is 3. The van der Waals surface area contributed by atoms with Crippen molar-refractivity contribution < 1.29 is 14.6 Å².